The molecule has 2 aromatic rings. The number of rotatable bonds is 2. The SMILES string of the molecule is CC(C)(C)OCc1nnc2c(Cl)nccn12. The Balaban J connectivity index is 2.29. The molecular weight excluding hydrogens is 228 g/mol. The smallest absolute Gasteiger partial charge is 0.198 e. The topological polar surface area (TPSA) is 52.3 Å². The van der Waals surface area contributed by atoms with E-state index >= 15 is 0 Å². The zero-order chi connectivity index (χ0) is 11.8. The number of hydrogen-bond donors (Lipinski definition) is 0. The minimum Gasteiger partial charge on any atom is -0.368 e. The summed E-state index contributed by atoms with van der Waals surface area (Å²) in [6, 6.07) is 0. The van der Waals surface area contributed by atoms with Crippen LogP contribution < -0.4 is 0 Å². The predicted molar refractivity (Wildman–Crippen MR) is 60.3 cm³/mol. The van der Waals surface area contributed by atoms with Crippen LogP contribution in [0.5, 0.6) is 0 Å². The molecule has 0 aromatic carbocycles. The highest BCUT2D eigenvalue weighted by atomic mass is 35.5. The third kappa shape index (κ3) is 2.31. The molecule has 0 radical (unpaired) electrons. The fourth-order valence-electron chi connectivity index (χ4n) is 1.22. The summed E-state index contributed by atoms with van der Waals surface area (Å²) in [7, 11) is 0. The monoisotopic (exact) mass is 240 g/mol. The van der Waals surface area contributed by atoms with Gasteiger partial charge in [-0.3, -0.25) is 4.40 Å². The van der Waals surface area contributed by atoms with Gasteiger partial charge in [-0.2, -0.15) is 0 Å². The summed E-state index contributed by atoms with van der Waals surface area (Å²) < 4.78 is 7.41. The van der Waals surface area contributed by atoms with E-state index in [1.165, 1.54) is 0 Å². The van der Waals surface area contributed by atoms with E-state index in [9.17, 15) is 0 Å². The van der Waals surface area contributed by atoms with Crippen molar-refractivity contribution >= 4 is 17.2 Å². The van der Waals surface area contributed by atoms with Gasteiger partial charge < -0.3 is 4.74 Å². The van der Waals surface area contributed by atoms with E-state index in [0.717, 1.165) is 0 Å². The second-order valence-corrected chi connectivity index (χ2v) is 4.79. The maximum atomic E-state index is 5.89. The highest BCUT2D eigenvalue weighted by Gasteiger charge is 2.14. The molecule has 0 fully saturated rings. The van der Waals surface area contributed by atoms with Crippen molar-refractivity contribution in [3.63, 3.8) is 0 Å². The molecule has 0 spiro atoms. The maximum absolute atomic E-state index is 5.89. The van der Waals surface area contributed by atoms with Crippen LogP contribution in [0.25, 0.3) is 5.65 Å². The Hall–Kier alpha value is -1.20. The Labute approximate surface area is 98.4 Å². The van der Waals surface area contributed by atoms with E-state index in [-0.39, 0.29) is 5.60 Å². The summed E-state index contributed by atoms with van der Waals surface area (Å²) in [5.41, 5.74) is 0.347. The minimum absolute atomic E-state index is 0.206. The van der Waals surface area contributed by atoms with Crippen LogP contribution >= 0.6 is 11.6 Å². The van der Waals surface area contributed by atoms with Gasteiger partial charge in [-0.15, -0.1) is 10.2 Å². The average Bonchev–Trinajstić information content (AvgIpc) is 2.58. The van der Waals surface area contributed by atoms with Crippen molar-refractivity contribution in [3.8, 4) is 0 Å². The number of aromatic nitrogens is 4. The van der Waals surface area contributed by atoms with Crippen molar-refractivity contribution in [1.82, 2.24) is 19.6 Å². The van der Waals surface area contributed by atoms with Crippen molar-refractivity contribution in [1.29, 1.82) is 0 Å². The number of nitrogens with zero attached hydrogens (tertiary/aromatic N) is 4. The van der Waals surface area contributed by atoms with Crippen LogP contribution in [-0.4, -0.2) is 25.2 Å². The van der Waals surface area contributed by atoms with Gasteiger partial charge in [0, 0.05) is 12.4 Å². The lowest BCUT2D eigenvalue weighted by molar-refractivity contribution is -0.0184. The summed E-state index contributed by atoms with van der Waals surface area (Å²) >= 11 is 5.89. The molecule has 6 heteroatoms. The summed E-state index contributed by atoms with van der Waals surface area (Å²) in [4.78, 5) is 3.93. The third-order valence-electron chi connectivity index (χ3n) is 1.99. The van der Waals surface area contributed by atoms with Gasteiger partial charge in [-0.25, -0.2) is 4.98 Å². The van der Waals surface area contributed by atoms with Gasteiger partial charge in [0.2, 0.25) is 0 Å². The van der Waals surface area contributed by atoms with Crippen molar-refractivity contribution in [2.45, 2.75) is 33.0 Å². The minimum atomic E-state index is -0.206. The molecule has 0 unspecified atom stereocenters. The van der Waals surface area contributed by atoms with Crippen LogP contribution in [-0.2, 0) is 11.3 Å². The zero-order valence-electron chi connectivity index (χ0n) is 9.44. The third-order valence-corrected chi connectivity index (χ3v) is 2.26. The lowest BCUT2D eigenvalue weighted by Gasteiger charge is -2.18. The first-order chi connectivity index (χ1) is 7.47. The van der Waals surface area contributed by atoms with E-state index in [2.05, 4.69) is 15.2 Å². The van der Waals surface area contributed by atoms with Gasteiger partial charge >= 0.3 is 0 Å². The molecular formula is C10H13ClN4O. The zero-order valence-corrected chi connectivity index (χ0v) is 10.2. The van der Waals surface area contributed by atoms with E-state index < -0.39 is 0 Å². The van der Waals surface area contributed by atoms with E-state index in [1.807, 2.05) is 20.8 Å². The predicted octanol–water partition coefficient (Wildman–Crippen LogP) is 2.09. The normalized spacial score (nSPS) is 12.2. The molecule has 0 atom stereocenters. The van der Waals surface area contributed by atoms with E-state index in [0.29, 0.717) is 23.2 Å². The lowest BCUT2D eigenvalue weighted by atomic mass is 10.2. The van der Waals surface area contributed by atoms with Crippen LogP contribution in [0, 0.1) is 0 Å². The maximum Gasteiger partial charge on any atom is 0.198 e. The fraction of sp³-hybridized carbons (Fsp3) is 0.500. The highest BCUT2D eigenvalue weighted by molar-refractivity contribution is 6.32. The van der Waals surface area contributed by atoms with Gasteiger partial charge in [0.05, 0.1) is 5.60 Å². The van der Waals surface area contributed by atoms with Gasteiger partial charge in [0.1, 0.15) is 6.61 Å². The van der Waals surface area contributed by atoms with Crippen molar-refractivity contribution in [3.05, 3.63) is 23.4 Å². The molecule has 0 aliphatic rings. The average molecular weight is 241 g/mol. The molecule has 0 aliphatic carbocycles. The molecule has 2 rings (SSSR count). The Bertz CT molecular complexity index is 503. The fourth-order valence-corrected chi connectivity index (χ4v) is 1.41. The Morgan fingerprint density at radius 2 is 2.12 bits per heavy atom. The van der Waals surface area contributed by atoms with Crippen LogP contribution in [0.3, 0.4) is 0 Å². The second kappa shape index (κ2) is 3.99. The van der Waals surface area contributed by atoms with Crippen LogP contribution in [0.2, 0.25) is 5.15 Å². The van der Waals surface area contributed by atoms with Crippen molar-refractivity contribution < 1.29 is 4.74 Å². The Morgan fingerprint density at radius 1 is 1.38 bits per heavy atom. The molecule has 0 N–H and O–H groups in total. The quantitative estimate of drug-likeness (QED) is 0.807. The molecule has 0 bridgehead atoms. The van der Waals surface area contributed by atoms with Gasteiger partial charge in [0.25, 0.3) is 0 Å². The highest BCUT2D eigenvalue weighted by Crippen LogP contribution is 2.15. The van der Waals surface area contributed by atoms with Gasteiger partial charge in [-0.05, 0) is 20.8 Å². The Kier molecular flexibility index (Phi) is 2.82. The Morgan fingerprint density at radius 3 is 2.81 bits per heavy atom. The van der Waals surface area contributed by atoms with E-state index in [1.54, 1.807) is 16.8 Å². The first-order valence-electron chi connectivity index (χ1n) is 4.95. The number of hydrogen-bond acceptors (Lipinski definition) is 4. The van der Waals surface area contributed by atoms with Crippen LogP contribution in [0.4, 0.5) is 0 Å². The molecule has 2 heterocycles. The van der Waals surface area contributed by atoms with Crippen LogP contribution in [0.15, 0.2) is 12.4 Å². The molecule has 16 heavy (non-hydrogen) atoms. The van der Waals surface area contributed by atoms with Crippen molar-refractivity contribution in [2.75, 3.05) is 0 Å². The second-order valence-electron chi connectivity index (χ2n) is 4.43. The number of fused-ring (bicyclic) bond motifs is 1. The van der Waals surface area contributed by atoms with Crippen LogP contribution in [0.1, 0.15) is 26.6 Å². The molecule has 0 amide bonds. The number of ether oxygens (including phenoxy) is 1. The standard InChI is InChI=1S/C10H13ClN4O/c1-10(2,3)16-6-7-13-14-9-8(11)12-4-5-15(7)9/h4-5H,6H2,1-3H3. The summed E-state index contributed by atoms with van der Waals surface area (Å²) in [6.07, 6.45) is 3.38. The van der Waals surface area contributed by atoms with Gasteiger partial charge in [0.15, 0.2) is 16.6 Å². The first-order valence-corrected chi connectivity index (χ1v) is 5.33. The molecule has 0 aliphatic heterocycles. The molecule has 86 valence electrons. The largest absolute Gasteiger partial charge is 0.368 e. The van der Waals surface area contributed by atoms with Gasteiger partial charge in [-0.1, -0.05) is 11.6 Å². The molecule has 0 saturated carbocycles. The summed E-state index contributed by atoms with van der Waals surface area (Å²) in [5.74, 6) is 0.717. The van der Waals surface area contributed by atoms with Crippen molar-refractivity contribution in [2.24, 2.45) is 0 Å². The summed E-state index contributed by atoms with van der Waals surface area (Å²) in [5, 5.41) is 8.32. The first kappa shape index (κ1) is 11.3. The molecule has 0 saturated heterocycles. The summed E-state index contributed by atoms with van der Waals surface area (Å²) in [6.45, 7) is 6.37. The molecule has 2 aromatic heterocycles. The number of halogens is 1. The van der Waals surface area contributed by atoms with E-state index in [4.69, 9.17) is 16.3 Å². The molecule has 5 nitrogen and oxygen atoms in total. The lowest BCUT2D eigenvalue weighted by Crippen LogP contribution is -2.19.